The normalized spacial score (nSPS) is 11.0. The fourth-order valence-electron chi connectivity index (χ4n) is 2.15. The van der Waals surface area contributed by atoms with E-state index in [-0.39, 0.29) is 28.5 Å². The highest BCUT2D eigenvalue weighted by molar-refractivity contribution is 6.38. The number of rotatable bonds is 3. The van der Waals surface area contributed by atoms with Gasteiger partial charge in [0.25, 0.3) is 0 Å². The van der Waals surface area contributed by atoms with Crippen LogP contribution < -0.4 is 0 Å². The van der Waals surface area contributed by atoms with E-state index >= 15 is 0 Å². The van der Waals surface area contributed by atoms with Gasteiger partial charge in [-0.1, -0.05) is 17.7 Å². The summed E-state index contributed by atoms with van der Waals surface area (Å²) in [6.45, 7) is 1.85. The minimum absolute atomic E-state index is 0.0644. The first-order valence-corrected chi connectivity index (χ1v) is 7.06. The number of esters is 1. The lowest BCUT2D eigenvalue weighted by atomic mass is 10.2. The highest BCUT2D eigenvalue weighted by Gasteiger charge is 2.20. The first kappa shape index (κ1) is 15.4. The third kappa shape index (κ3) is 2.53. The fourth-order valence-corrected chi connectivity index (χ4v) is 2.41. The Hall–Kier alpha value is -2.54. The SMILES string of the molecule is CCOC(=O)c1cnc2c(cnn2-c2c(F)cccc2F)c1Cl. The van der Waals surface area contributed by atoms with E-state index in [1.165, 1.54) is 18.5 Å². The van der Waals surface area contributed by atoms with Crippen LogP contribution in [-0.4, -0.2) is 27.3 Å². The number of carbonyl (C=O) groups excluding carboxylic acids is 1. The molecule has 0 saturated heterocycles. The number of pyridine rings is 1. The fraction of sp³-hybridized carbons (Fsp3) is 0.133. The molecule has 0 bridgehead atoms. The van der Waals surface area contributed by atoms with E-state index in [1.807, 2.05) is 0 Å². The van der Waals surface area contributed by atoms with E-state index in [2.05, 4.69) is 10.1 Å². The molecule has 2 aromatic heterocycles. The second kappa shape index (κ2) is 5.92. The summed E-state index contributed by atoms with van der Waals surface area (Å²) in [5.74, 6) is -2.21. The zero-order chi connectivity index (χ0) is 16.6. The molecule has 5 nitrogen and oxygen atoms in total. The van der Waals surface area contributed by atoms with E-state index in [9.17, 15) is 13.6 Å². The molecule has 2 heterocycles. The number of hydrogen-bond acceptors (Lipinski definition) is 4. The standard InChI is InChI=1S/C15H10ClF2N3O2/c1-2-23-15(22)9-6-19-14-8(12(9)16)7-20-21(14)13-10(17)4-3-5-11(13)18/h3-7H,2H2,1H3. The molecule has 0 spiro atoms. The van der Waals surface area contributed by atoms with Crippen molar-refractivity contribution in [1.29, 1.82) is 0 Å². The molecule has 0 fully saturated rings. The lowest BCUT2D eigenvalue weighted by Gasteiger charge is -2.07. The van der Waals surface area contributed by atoms with Gasteiger partial charge in [-0.3, -0.25) is 0 Å². The van der Waals surface area contributed by atoms with Crippen LogP contribution in [0.5, 0.6) is 0 Å². The van der Waals surface area contributed by atoms with Gasteiger partial charge >= 0.3 is 5.97 Å². The topological polar surface area (TPSA) is 57.0 Å². The molecule has 0 amide bonds. The second-order valence-corrected chi connectivity index (χ2v) is 4.95. The molecule has 0 aliphatic rings. The molecule has 1 aromatic carbocycles. The third-order valence-corrected chi connectivity index (χ3v) is 3.58. The smallest absolute Gasteiger partial charge is 0.341 e. The molecule has 3 aromatic rings. The van der Waals surface area contributed by atoms with Crippen LogP contribution in [0.15, 0.2) is 30.6 Å². The summed E-state index contributed by atoms with van der Waals surface area (Å²) in [6.07, 6.45) is 2.48. The number of carbonyl (C=O) groups is 1. The Balaban J connectivity index is 2.20. The average molecular weight is 338 g/mol. The van der Waals surface area contributed by atoms with Crippen LogP contribution in [0.25, 0.3) is 16.7 Å². The number of nitrogens with zero attached hydrogens (tertiary/aromatic N) is 3. The molecular weight excluding hydrogens is 328 g/mol. The highest BCUT2D eigenvalue weighted by Crippen LogP contribution is 2.28. The Morgan fingerprint density at radius 2 is 2.00 bits per heavy atom. The summed E-state index contributed by atoms with van der Waals surface area (Å²) in [7, 11) is 0. The Kier molecular flexibility index (Phi) is 3.96. The summed E-state index contributed by atoms with van der Waals surface area (Å²) < 4.78 is 33.7. The van der Waals surface area contributed by atoms with Crippen molar-refractivity contribution in [2.45, 2.75) is 6.92 Å². The van der Waals surface area contributed by atoms with Gasteiger partial charge in [-0.05, 0) is 19.1 Å². The van der Waals surface area contributed by atoms with Crippen molar-refractivity contribution in [3.05, 3.63) is 52.8 Å². The largest absolute Gasteiger partial charge is 0.462 e. The number of hydrogen-bond donors (Lipinski definition) is 0. The third-order valence-electron chi connectivity index (χ3n) is 3.18. The maximum absolute atomic E-state index is 13.9. The summed E-state index contributed by atoms with van der Waals surface area (Å²) in [4.78, 5) is 15.8. The molecule has 0 aliphatic carbocycles. The van der Waals surface area contributed by atoms with E-state index in [0.717, 1.165) is 16.8 Å². The van der Waals surface area contributed by atoms with Gasteiger partial charge in [0, 0.05) is 6.20 Å². The number of benzene rings is 1. The van der Waals surface area contributed by atoms with Gasteiger partial charge in [-0.15, -0.1) is 0 Å². The Morgan fingerprint density at radius 1 is 1.30 bits per heavy atom. The van der Waals surface area contributed by atoms with Gasteiger partial charge in [0.05, 0.1) is 28.8 Å². The Morgan fingerprint density at radius 3 is 2.65 bits per heavy atom. The van der Waals surface area contributed by atoms with E-state index < -0.39 is 17.6 Å². The number of para-hydroxylation sites is 1. The van der Waals surface area contributed by atoms with Gasteiger partial charge in [0.1, 0.15) is 5.69 Å². The predicted molar refractivity (Wildman–Crippen MR) is 79.7 cm³/mol. The van der Waals surface area contributed by atoms with Crippen molar-refractivity contribution >= 4 is 28.6 Å². The number of fused-ring (bicyclic) bond motifs is 1. The number of halogens is 3. The van der Waals surface area contributed by atoms with Crippen molar-refractivity contribution in [3.63, 3.8) is 0 Å². The lowest BCUT2D eigenvalue weighted by Crippen LogP contribution is -2.07. The van der Waals surface area contributed by atoms with Crippen molar-refractivity contribution in [2.24, 2.45) is 0 Å². The molecule has 8 heteroatoms. The zero-order valence-electron chi connectivity index (χ0n) is 11.9. The number of ether oxygens (including phenoxy) is 1. The van der Waals surface area contributed by atoms with Gasteiger partial charge in [0.2, 0.25) is 0 Å². The molecule has 118 valence electrons. The molecule has 0 atom stereocenters. The monoisotopic (exact) mass is 337 g/mol. The second-order valence-electron chi connectivity index (χ2n) is 4.57. The molecular formula is C15H10ClF2N3O2. The minimum atomic E-state index is -0.789. The lowest BCUT2D eigenvalue weighted by molar-refractivity contribution is 0.0526. The zero-order valence-corrected chi connectivity index (χ0v) is 12.6. The molecule has 0 unspecified atom stereocenters. The Bertz CT molecular complexity index is 891. The van der Waals surface area contributed by atoms with Gasteiger partial charge < -0.3 is 4.74 Å². The van der Waals surface area contributed by atoms with Crippen molar-refractivity contribution < 1.29 is 18.3 Å². The average Bonchev–Trinajstić information content (AvgIpc) is 2.92. The van der Waals surface area contributed by atoms with Crippen LogP contribution in [0.1, 0.15) is 17.3 Å². The predicted octanol–water partition coefficient (Wildman–Crippen LogP) is 3.53. The van der Waals surface area contributed by atoms with Crippen molar-refractivity contribution in [2.75, 3.05) is 6.61 Å². The summed E-state index contributed by atoms with van der Waals surface area (Å²) in [6, 6.07) is 3.47. The first-order valence-electron chi connectivity index (χ1n) is 6.68. The summed E-state index contributed by atoms with van der Waals surface area (Å²) in [5.41, 5.74) is -0.170. The van der Waals surface area contributed by atoms with E-state index in [0.29, 0.717) is 5.39 Å². The van der Waals surface area contributed by atoms with Gasteiger partial charge in [-0.25, -0.2) is 23.2 Å². The minimum Gasteiger partial charge on any atom is -0.462 e. The quantitative estimate of drug-likeness (QED) is 0.686. The maximum atomic E-state index is 13.9. The van der Waals surface area contributed by atoms with Crippen molar-refractivity contribution in [1.82, 2.24) is 14.8 Å². The summed E-state index contributed by atoms with van der Waals surface area (Å²) >= 11 is 6.17. The van der Waals surface area contributed by atoms with Crippen molar-refractivity contribution in [3.8, 4) is 5.69 Å². The van der Waals surface area contributed by atoms with Crippen LogP contribution in [0.3, 0.4) is 0 Å². The molecule has 23 heavy (non-hydrogen) atoms. The van der Waals surface area contributed by atoms with Crippen LogP contribution in [0, 0.1) is 11.6 Å². The molecule has 0 radical (unpaired) electrons. The van der Waals surface area contributed by atoms with Crippen LogP contribution in [0.2, 0.25) is 5.02 Å². The van der Waals surface area contributed by atoms with Crippen LogP contribution in [-0.2, 0) is 4.74 Å². The molecule has 0 saturated carbocycles. The van der Waals surface area contributed by atoms with Gasteiger partial charge in [0.15, 0.2) is 17.3 Å². The first-order chi connectivity index (χ1) is 11.0. The Labute approximate surface area is 134 Å². The van der Waals surface area contributed by atoms with E-state index in [1.54, 1.807) is 6.92 Å². The van der Waals surface area contributed by atoms with Crippen LogP contribution >= 0.6 is 11.6 Å². The molecule has 3 rings (SSSR count). The van der Waals surface area contributed by atoms with Crippen LogP contribution in [0.4, 0.5) is 8.78 Å². The molecule has 0 N–H and O–H groups in total. The maximum Gasteiger partial charge on any atom is 0.341 e. The van der Waals surface area contributed by atoms with E-state index in [4.69, 9.17) is 16.3 Å². The summed E-state index contributed by atoms with van der Waals surface area (Å²) in [5, 5.41) is 4.29. The number of aromatic nitrogens is 3. The molecule has 0 aliphatic heterocycles. The van der Waals surface area contributed by atoms with Gasteiger partial charge in [-0.2, -0.15) is 5.10 Å². The highest BCUT2D eigenvalue weighted by atomic mass is 35.5.